The predicted octanol–water partition coefficient (Wildman–Crippen LogP) is 2.42. The maximum Gasteiger partial charge on any atom is 0.250 e. The summed E-state index contributed by atoms with van der Waals surface area (Å²) >= 11 is 5.75. The summed E-state index contributed by atoms with van der Waals surface area (Å²) in [5, 5.41) is 3.34. The molecule has 0 radical (unpaired) electrons. The van der Waals surface area contributed by atoms with Crippen molar-refractivity contribution in [2.24, 2.45) is 5.73 Å². The van der Waals surface area contributed by atoms with E-state index in [4.69, 9.17) is 22.1 Å². The van der Waals surface area contributed by atoms with Gasteiger partial charge in [-0.25, -0.2) is 0 Å². The molecule has 1 aromatic rings. The Morgan fingerprint density at radius 3 is 2.61 bits per heavy atom. The van der Waals surface area contributed by atoms with Gasteiger partial charge in [0.25, 0.3) is 0 Å². The lowest BCUT2D eigenvalue weighted by Crippen LogP contribution is -2.41. The smallest absolute Gasteiger partial charge is 0.250 e. The minimum absolute atomic E-state index is 0.00455. The van der Waals surface area contributed by atoms with Gasteiger partial charge in [0.05, 0.1) is 6.61 Å². The Kier molecular flexibility index (Phi) is 5.59. The highest BCUT2D eigenvalue weighted by Gasteiger charge is 2.16. The number of rotatable bonds is 6. The van der Waals surface area contributed by atoms with Gasteiger partial charge in [-0.1, -0.05) is 18.5 Å². The summed E-state index contributed by atoms with van der Waals surface area (Å²) in [6, 6.07) is 6.90. The molecule has 1 aromatic carbocycles. The highest BCUT2D eigenvalue weighted by molar-refractivity contribution is 6.30. The lowest BCUT2D eigenvalue weighted by atomic mass is 10.0. The van der Waals surface area contributed by atoms with Crippen LogP contribution in [0.5, 0.6) is 0 Å². The van der Waals surface area contributed by atoms with Gasteiger partial charge in [-0.3, -0.25) is 4.79 Å². The van der Waals surface area contributed by atoms with E-state index >= 15 is 0 Å². The third-order valence-electron chi connectivity index (χ3n) is 2.60. The van der Waals surface area contributed by atoms with Crippen LogP contribution >= 0.6 is 11.6 Å². The number of amides is 1. The summed E-state index contributed by atoms with van der Waals surface area (Å²) in [5.41, 5.74) is 6.21. The first kappa shape index (κ1) is 15.0. The molecule has 0 aliphatic heterocycles. The molecular formula is C13H19ClN2O2. The van der Waals surface area contributed by atoms with E-state index in [0.717, 1.165) is 6.42 Å². The van der Waals surface area contributed by atoms with Gasteiger partial charge in [0.1, 0.15) is 6.61 Å². The van der Waals surface area contributed by atoms with Crippen LogP contribution in [-0.4, -0.2) is 24.7 Å². The van der Waals surface area contributed by atoms with Crippen molar-refractivity contribution in [3.63, 3.8) is 0 Å². The average Bonchev–Trinajstić information content (AvgIpc) is 2.32. The maximum atomic E-state index is 11.6. The number of halogens is 1. The largest absolute Gasteiger partial charge is 0.370 e. The Morgan fingerprint density at radius 1 is 1.44 bits per heavy atom. The van der Waals surface area contributed by atoms with Crippen molar-refractivity contribution in [1.29, 1.82) is 0 Å². The second-order valence-corrected chi connectivity index (χ2v) is 4.99. The Morgan fingerprint density at radius 2 is 2.06 bits per heavy atom. The third kappa shape index (κ3) is 5.49. The Balaban J connectivity index is 2.32. The molecule has 0 bridgehead atoms. The highest BCUT2D eigenvalue weighted by Crippen LogP contribution is 2.13. The Hall–Kier alpha value is -1.10. The molecule has 18 heavy (non-hydrogen) atoms. The van der Waals surface area contributed by atoms with Gasteiger partial charge < -0.3 is 15.8 Å². The van der Waals surface area contributed by atoms with Crippen LogP contribution in [0.2, 0.25) is 5.02 Å². The molecule has 3 N–H and O–H groups in total. The molecule has 0 aliphatic carbocycles. The van der Waals surface area contributed by atoms with Crippen LogP contribution in [0, 0.1) is 0 Å². The zero-order chi connectivity index (χ0) is 13.6. The van der Waals surface area contributed by atoms with E-state index in [0.29, 0.717) is 17.3 Å². The van der Waals surface area contributed by atoms with Crippen molar-refractivity contribution in [2.75, 3.05) is 18.5 Å². The second-order valence-electron chi connectivity index (χ2n) is 4.56. The quantitative estimate of drug-likeness (QED) is 0.834. The number of ether oxygens (including phenoxy) is 1. The molecule has 0 fully saturated rings. The highest BCUT2D eigenvalue weighted by atomic mass is 35.5. The molecule has 0 saturated carbocycles. The van der Waals surface area contributed by atoms with Gasteiger partial charge in [0.2, 0.25) is 5.91 Å². The van der Waals surface area contributed by atoms with Crippen molar-refractivity contribution in [2.45, 2.75) is 25.8 Å². The molecule has 0 spiro atoms. The summed E-state index contributed by atoms with van der Waals surface area (Å²) < 4.78 is 5.28. The third-order valence-corrected chi connectivity index (χ3v) is 2.85. The van der Waals surface area contributed by atoms with Crippen LogP contribution in [0.3, 0.4) is 0 Å². The molecular weight excluding hydrogens is 252 g/mol. The Bertz CT molecular complexity index is 390. The van der Waals surface area contributed by atoms with Crippen LogP contribution < -0.4 is 11.1 Å². The summed E-state index contributed by atoms with van der Waals surface area (Å²) in [4.78, 5) is 11.6. The first-order valence-electron chi connectivity index (χ1n) is 5.85. The molecule has 1 unspecified atom stereocenters. The van der Waals surface area contributed by atoms with E-state index in [-0.39, 0.29) is 18.1 Å². The molecule has 0 saturated heterocycles. The monoisotopic (exact) mass is 270 g/mol. The molecule has 1 rings (SSSR count). The van der Waals surface area contributed by atoms with Crippen molar-refractivity contribution < 1.29 is 9.53 Å². The van der Waals surface area contributed by atoms with E-state index in [1.54, 1.807) is 24.3 Å². The van der Waals surface area contributed by atoms with E-state index in [9.17, 15) is 4.79 Å². The zero-order valence-corrected chi connectivity index (χ0v) is 11.5. The molecule has 0 heterocycles. The molecule has 5 heteroatoms. The van der Waals surface area contributed by atoms with Gasteiger partial charge in [0.15, 0.2) is 0 Å². The van der Waals surface area contributed by atoms with Crippen LogP contribution in [0.4, 0.5) is 5.69 Å². The lowest BCUT2D eigenvalue weighted by Gasteiger charge is -2.22. The molecule has 1 amide bonds. The van der Waals surface area contributed by atoms with Gasteiger partial charge >= 0.3 is 0 Å². The maximum absolute atomic E-state index is 11.6. The first-order valence-corrected chi connectivity index (χ1v) is 6.23. The number of hydrogen-bond donors (Lipinski definition) is 2. The fraction of sp³-hybridized carbons (Fsp3) is 0.462. The van der Waals surface area contributed by atoms with Crippen LogP contribution in [0.25, 0.3) is 0 Å². The van der Waals surface area contributed by atoms with Gasteiger partial charge in [-0.05, 0) is 37.6 Å². The minimum Gasteiger partial charge on any atom is -0.370 e. The van der Waals surface area contributed by atoms with Gasteiger partial charge in [-0.15, -0.1) is 0 Å². The van der Waals surface area contributed by atoms with Crippen molar-refractivity contribution in [1.82, 2.24) is 0 Å². The normalized spacial score (nSPS) is 14.0. The SMILES string of the molecule is CCC(C)(N)COCC(=O)Nc1ccc(Cl)cc1. The fourth-order valence-corrected chi connectivity index (χ4v) is 1.34. The standard InChI is InChI=1S/C13H19ClN2O2/c1-3-13(2,15)9-18-8-12(17)16-11-6-4-10(14)5-7-11/h4-7H,3,8-9,15H2,1-2H3,(H,16,17). The molecule has 4 nitrogen and oxygen atoms in total. The van der Waals surface area contributed by atoms with Gasteiger partial charge in [-0.2, -0.15) is 0 Å². The number of carbonyl (C=O) groups is 1. The van der Waals surface area contributed by atoms with Crippen LogP contribution in [0.1, 0.15) is 20.3 Å². The number of anilines is 1. The van der Waals surface area contributed by atoms with Crippen molar-refractivity contribution >= 4 is 23.2 Å². The summed E-state index contributed by atoms with van der Waals surface area (Å²) in [6.07, 6.45) is 0.797. The Labute approximate surface area is 112 Å². The van der Waals surface area contributed by atoms with Gasteiger partial charge in [0, 0.05) is 16.2 Å². The zero-order valence-electron chi connectivity index (χ0n) is 10.7. The average molecular weight is 271 g/mol. The predicted molar refractivity (Wildman–Crippen MR) is 73.8 cm³/mol. The summed E-state index contributed by atoms with van der Waals surface area (Å²) in [6.45, 7) is 4.23. The number of benzene rings is 1. The van der Waals surface area contributed by atoms with Crippen molar-refractivity contribution in [3.05, 3.63) is 29.3 Å². The second kappa shape index (κ2) is 6.73. The van der Waals surface area contributed by atoms with Crippen LogP contribution in [-0.2, 0) is 9.53 Å². The first-order chi connectivity index (χ1) is 8.43. The van der Waals surface area contributed by atoms with Crippen molar-refractivity contribution in [3.8, 4) is 0 Å². The van der Waals surface area contributed by atoms with E-state index in [1.807, 2.05) is 13.8 Å². The number of carbonyl (C=O) groups excluding carboxylic acids is 1. The number of nitrogens with one attached hydrogen (secondary N) is 1. The number of hydrogen-bond acceptors (Lipinski definition) is 3. The minimum atomic E-state index is -0.388. The fourth-order valence-electron chi connectivity index (χ4n) is 1.21. The lowest BCUT2D eigenvalue weighted by molar-refractivity contribution is -0.121. The summed E-state index contributed by atoms with van der Waals surface area (Å²) in [7, 11) is 0. The van der Waals surface area contributed by atoms with E-state index in [2.05, 4.69) is 5.32 Å². The van der Waals surface area contributed by atoms with Crippen LogP contribution in [0.15, 0.2) is 24.3 Å². The van der Waals surface area contributed by atoms with E-state index in [1.165, 1.54) is 0 Å². The topological polar surface area (TPSA) is 64.3 Å². The molecule has 100 valence electrons. The summed E-state index contributed by atoms with van der Waals surface area (Å²) in [5.74, 6) is -0.204. The van der Waals surface area contributed by atoms with E-state index < -0.39 is 0 Å². The number of nitrogens with two attached hydrogens (primary N) is 1. The molecule has 0 aliphatic rings. The molecule has 0 aromatic heterocycles. The molecule has 1 atom stereocenters.